The quantitative estimate of drug-likeness (QED) is 0.512. The number of urea groups is 1. The molecule has 1 saturated carbocycles. The molecule has 30 heavy (non-hydrogen) atoms. The number of nitrogens with two attached hydrogens (primary N) is 1. The highest BCUT2D eigenvalue weighted by Crippen LogP contribution is 2.45. The van der Waals surface area contributed by atoms with Crippen molar-refractivity contribution in [1.82, 2.24) is 15.1 Å². The summed E-state index contributed by atoms with van der Waals surface area (Å²) in [5.74, 6) is 3.47. The minimum Gasteiger partial charge on any atom is -0.394 e. The molecule has 2 amide bonds. The van der Waals surface area contributed by atoms with Crippen molar-refractivity contribution in [2.24, 2.45) is 5.92 Å². The average Bonchev–Trinajstić information content (AvgIpc) is 3.48. The van der Waals surface area contributed by atoms with Crippen LogP contribution in [0.25, 0.3) is 0 Å². The van der Waals surface area contributed by atoms with Gasteiger partial charge >= 0.3 is 12.2 Å². The van der Waals surface area contributed by atoms with Gasteiger partial charge in [0, 0.05) is 28.9 Å². The second-order valence-corrected chi connectivity index (χ2v) is 7.11. The van der Waals surface area contributed by atoms with Crippen LogP contribution < -0.4 is 21.9 Å². The van der Waals surface area contributed by atoms with E-state index in [0.29, 0.717) is 18.9 Å². The number of hydrogen-bond acceptors (Lipinski definition) is 4. The summed E-state index contributed by atoms with van der Waals surface area (Å²) < 4.78 is 57.8. The molecule has 2 aromatic rings. The first-order valence-electron chi connectivity index (χ1n) is 8.94. The predicted molar refractivity (Wildman–Crippen MR) is 98.8 cm³/mol. The Morgan fingerprint density at radius 1 is 1.30 bits per heavy atom. The first-order valence-corrected chi connectivity index (χ1v) is 8.94. The number of amides is 2. The number of anilines is 2. The van der Waals surface area contributed by atoms with Crippen molar-refractivity contribution in [2.75, 3.05) is 11.1 Å². The van der Waals surface area contributed by atoms with Gasteiger partial charge in [-0.1, -0.05) is 11.8 Å². The van der Waals surface area contributed by atoms with Gasteiger partial charge in [-0.3, -0.25) is 4.79 Å². The predicted octanol–water partition coefficient (Wildman–Crippen LogP) is 2.32. The Morgan fingerprint density at radius 2 is 2.03 bits per heavy atom. The van der Waals surface area contributed by atoms with Crippen molar-refractivity contribution < 1.29 is 22.4 Å². The van der Waals surface area contributed by atoms with Crippen LogP contribution in [-0.4, -0.2) is 22.0 Å². The first-order chi connectivity index (χ1) is 14.1. The molecule has 4 rings (SSSR count). The van der Waals surface area contributed by atoms with Gasteiger partial charge in [-0.05, 0) is 31.0 Å². The Bertz CT molecular complexity index is 1160. The van der Waals surface area contributed by atoms with Crippen LogP contribution >= 0.6 is 0 Å². The van der Waals surface area contributed by atoms with Crippen LogP contribution in [0.5, 0.6) is 0 Å². The van der Waals surface area contributed by atoms with E-state index in [-0.39, 0.29) is 29.4 Å². The van der Waals surface area contributed by atoms with E-state index in [1.807, 2.05) is 5.32 Å². The SMILES string of the molecule is Nc1ccnn(Cc2cc3c(cc2F)[C@@](C#CC2CC2)(C(F)(F)F)NC(=O)N3)c1=O. The third kappa shape index (κ3) is 3.34. The standard InChI is InChI=1S/C19H15F4N5O2/c20-13-8-12-15(7-11(13)9-28-16(29)14(24)4-6-25-28)26-17(30)27-18(12,19(21,22)23)5-3-10-1-2-10/h4,6-8,10H,1-2,9,24H2,(H2,26,27,30)/t18-/m0/s1. The molecule has 156 valence electrons. The van der Waals surface area contributed by atoms with Gasteiger partial charge in [0.2, 0.25) is 5.54 Å². The molecule has 0 unspecified atom stereocenters. The number of nitrogens with one attached hydrogen (secondary N) is 2. The van der Waals surface area contributed by atoms with Crippen LogP contribution in [0, 0.1) is 23.6 Å². The summed E-state index contributed by atoms with van der Waals surface area (Å²) in [7, 11) is 0. The number of carbonyl (C=O) groups is 1. The number of alkyl halides is 3. The number of aromatic nitrogens is 2. The molecule has 1 aromatic heterocycles. The second kappa shape index (κ2) is 6.76. The Labute approximate surface area is 167 Å². The largest absolute Gasteiger partial charge is 0.427 e. The Balaban J connectivity index is 1.84. The van der Waals surface area contributed by atoms with Crippen LogP contribution in [0.4, 0.5) is 33.7 Å². The number of nitrogens with zero attached hydrogens (tertiary/aromatic N) is 2. The fourth-order valence-corrected chi connectivity index (χ4v) is 3.12. The molecule has 4 N–H and O–H groups in total. The van der Waals surface area contributed by atoms with E-state index in [1.165, 1.54) is 12.3 Å². The van der Waals surface area contributed by atoms with Crippen LogP contribution in [0.1, 0.15) is 24.0 Å². The molecule has 11 heteroatoms. The lowest BCUT2D eigenvalue weighted by Crippen LogP contribution is -2.59. The maximum atomic E-state index is 14.8. The van der Waals surface area contributed by atoms with Crippen LogP contribution in [0.3, 0.4) is 0 Å². The van der Waals surface area contributed by atoms with Crippen molar-refractivity contribution in [3.8, 4) is 11.8 Å². The summed E-state index contributed by atoms with van der Waals surface area (Å²) >= 11 is 0. The van der Waals surface area contributed by atoms with E-state index in [4.69, 9.17) is 5.73 Å². The molecular formula is C19H15F4N5O2. The topological polar surface area (TPSA) is 102 Å². The van der Waals surface area contributed by atoms with E-state index in [9.17, 15) is 27.2 Å². The van der Waals surface area contributed by atoms with Gasteiger partial charge in [0.25, 0.3) is 5.56 Å². The fourth-order valence-electron chi connectivity index (χ4n) is 3.12. The zero-order valence-electron chi connectivity index (χ0n) is 15.3. The van der Waals surface area contributed by atoms with Crippen LogP contribution in [0.2, 0.25) is 0 Å². The maximum Gasteiger partial charge on any atom is 0.427 e. The summed E-state index contributed by atoms with van der Waals surface area (Å²) in [5.41, 5.74) is 0.710. The number of nitrogen functional groups attached to an aromatic ring is 1. The van der Waals surface area contributed by atoms with E-state index in [2.05, 4.69) is 22.3 Å². The van der Waals surface area contributed by atoms with Gasteiger partial charge in [-0.2, -0.15) is 18.3 Å². The van der Waals surface area contributed by atoms with Crippen molar-refractivity contribution in [3.63, 3.8) is 0 Å². The Hall–Kier alpha value is -3.55. The van der Waals surface area contributed by atoms with E-state index in [1.54, 1.807) is 0 Å². The summed E-state index contributed by atoms with van der Waals surface area (Å²) in [4.78, 5) is 24.1. The minimum absolute atomic E-state index is 0.118. The second-order valence-electron chi connectivity index (χ2n) is 7.11. The number of hydrogen-bond donors (Lipinski definition) is 3. The van der Waals surface area contributed by atoms with Crippen LogP contribution in [0.15, 0.2) is 29.2 Å². The lowest BCUT2D eigenvalue weighted by Gasteiger charge is -2.37. The fraction of sp³-hybridized carbons (Fsp3) is 0.316. The van der Waals surface area contributed by atoms with Gasteiger partial charge in [0.15, 0.2) is 0 Å². The van der Waals surface area contributed by atoms with Crippen LogP contribution in [-0.2, 0) is 12.1 Å². The first kappa shape index (κ1) is 19.8. The number of halogens is 4. The molecule has 1 fully saturated rings. The molecule has 0 spiro atoms. The van der Waals surface area contributed by atoms with Crippen molar-refractivity contribution in [1.29, 1.82) is 0 Å². The highest BCUT2D eigenvalue weighted by Gasteiger charge is 2.59. The van der Waals surface area contributed by atoms with Crippen molar-refractivity contribution >= 4 is 17.4 Å². The molecule has 0 saturated heterocycles. The van der Waals surface area contributed by atoms with Gasteiger partial charge in [0.05, 0.1) is 6.54 Å². The van der Waals surface area contributed by atoms with E-state index < -0.39 is 34.7 Å². The molecule has 1 aromatic carbocycles. The molecule has 1 atom stereocenters. The van der Waals surface area contributed by atoms with Crippen molar-refractivity contribution in [2.45, 2.75) is 31.1 Å². The van der Waals surface area contributed by atoms with Gasteiger partial charge in [-0.15, -0.1) is 0 Å². The molecule has 0 radical (unpaired) electrons. The maximum absolute atomic E-state index is 14.8. The third-order valence-corrected chi connectivity index (χ3v) is 4.87. The highest BCUT2D eigenvalue weighted by atomic mass is 19.4. The molecule has 0 bridgehead atoms. The lowest BCUT2D eigenvalue weighted by molar-refractivity contribution is -0.178. The minimum atomic E-state index is -5.00. The van der Waals surface area contributed by atoms with E-state index in [0.717, 1.165) is 10.7 Å². The smallest absolute Gasteiger partial charge is 0.394 e. The molecule has 2 heterocycles. The number of carbonyl (C=O) groups excluding carboxylic acids is 1. The molecular weight excluding hydrogens is 406 g/mol. The van der Waals surface area contributed by atoms with Crippen molar-refractivity contribution in [3.05, 3.63) is 51.7 Å². The summed E-state index contributed by atoms with van der Waals surface area (Å²) in [6, 6.07) is 1.86. The normalized spacial score (nSPS) is 20.5. The number of benzene rings is 1. The van der Waals surface area contributed by atoms with Gasteiger partial charge < -0.3 is 16.4 Å². The lowest BCUT2D eigenvalue weighted by atomic mass is 9.85. The summed E-state index contributed by atoms with van der Waals surface area (Å²) in [6.07, 6.45) is -2.41. The number of rotatable bonds is 2. The monoisotopic (exact) mass is 421 g/mol. The average molecular weight is 421 g/mol. The zero-order chi connectivity index (χ0) is 21.7. The molecule has 1 aliphatic carbocycles. The Morgan fingerprint density at radius 3 is 2.70 bits per heavy atom. The molecule has 2 aliphatic rings. The third-order valence-electron chi connectivity index (χ3n) is 4.87. The summed E-state index contributed by atoms with van der Waals surface area (Å²) in [5, 5.41) is 7.86. The Kier molecular flexibility index (Phi) is 4.45. The molecule has 1 aliphatic heterocycles. The zero-order valence-corrected chi connectivity index (χ0v) is 15.3. The summed E-state index contributed by atoms with van der Waals surface area (Å²) in [6.45, 7) is -0.390. The van der Waals surface area contributed by atoms with E-state index >= 15 is 0 Å². The highest BCUT2D eigenvalue weighted by molar-refractivity contribution is 5.95. The number of fused-ring (bicyclic) bond motifs is 1. The van der Waals surface area contributed by atoms with Gasteiger partial charge in [0.1, 0.15) is 11.5 Å². The molecule has 7 nitrogen and oxygen atoms in total. The van der Waals surface area contributed by atoms with Gasteiger partial charge in [-0.25, -0.2) is 13.9 Å².